The molecule has 1 aromatic carbocycles. The van der Waals surface area contributed by atoms with Crippen LogP contribution in [0.1, 0.15) is 46.6 Å². The molecule has 0 bridgehead atoms. The second kappa shape index (κ2) is 11.4. The SMILES string of the molecule is CCOP(=O)(CCCN(OCc1ccccc1)C(=O)NC(C)(C)C)OCC. The van der Waals surface area contributed by atoms with E-state index in [1.807, 2.05) is 51.1 Å². The smallest absolute Gasteiger partial charge is 0.332 e. The molecule has 8 heteroatoms. The van der Waals surface area contributed by atoms with Gasteiger partial charge in [0.1, 0.15) is 6.61 Å². The van der Waals surface area contributed by atoms with E-state index in [1.165, 1.54) is 5.06 Å². The molecule has 154 valence electrons. The van der Waals surface area contributed by atoms with Crippen molar-refractivity contribution in [1.82, 2.24) is 10.4 Å². The lowest BCUT2D eigenvalue weighted by Gasteiger charge is -2.28. The van der Waals surface area contributed by atoms with Crippen molar-refractivity contribution in [2.75, 3.05) is 25.9 Å². The predicted molar refractivity (Wildman–Crippen MR) is 107 cm³/mol. The van der Waals surface area contributed by atoms with Gasteiger partial charge in [0.2, 0.25) is 0 Å². The molecule has 0 aliphatic heterocycles. The van der Waals surface area contributed by atoms with Crippen LogP contribution >= 0.6 is 7.60 Å². The predicted octanol–water partition coefficient (Wildman–Crippen LogP) is 4.58. The van der Waals surface area contributed by atoms with E-state index in [9.17, 15) is 9.36 Å². The van der Waals surface area contributed by atoms with Crippen molar-refractivity contribution in [3.63, 3.8) is 0 Å². The van der Waals surface area contributed by atoms with E-state index in [4.69, 9.17) is 13.9 Å². The molecule has 0 aromatic heterocycles. The van der Waals surface area contributed by atoms with Gasteiger partial charge in [0.05, 0.1) is 25.9 Å². The lowest BCUT2D eigenvalue weighted by atomic mass is 10.1. The summed E-state index contributed by atoms with van der Waals surface area (Å²) in [6, 6.07) is 9.28. The normalized spacial score (nSPS) is 12.0. The van der Waals surface area contributed by atoms with Crippen molar-refractivity contribution in [2.24, 2.45) is 0 Å². The first-order valence-corrected chi connectivity index (χ1v) is 11.1. The zero-order valence-electron chi connectivity index (χ0n) is 17.1. The summed E-state index contributed by atoms with van der Waals surface area (Å²) in [6.07, 6.45) is 0.659. The minimum atomic E-state index is -3.14. The Balaban J connectivity index is 2.69. The summed E-state index contributed by atoms with van der Waals surface area (Å²) in [5.41, 5.74) is 0.567. The molecule has 1 N–H and O–H groups in total. The minimum Gasteiger partial charge on any atom is -0.332 e. The van der Waals surface area contributed by atoms with Gasteiger partial charge in [-0.2, -0.15) is 0 Å². The molecule has 0 fully saturated rings. The summed E-state index contributed by atoms with van der Waals surface area (Å²) >= 11 is 0. The molecule has 2 amide bonds. The van der Waals surface area contributed by atoms with E-state index < -0.39 is 13.1 Å². The molecule has 0 aliphatic carbocycles. The molecule has 0 saturated heterocycles. The Labute approximate surface area is 162 Å². The number of carbonyl (C=O) groups is 1. The zero-order chi connectivity index (χ0) is 20.3. The highest BCUT2D eigenvalue weighted by atomic mass is 31.2. The number of carbonyl (C=O) groups excluding carboxylic acids is 1. The molecule has 1 rings (SSSR count). The number of hydrogen-bond donors (Lipinski definition) is 1. The van der Waals surface area contributed by atoms with Gasteiger partial charge in [-0.05, 0) is 46.6 Å². The van der Waals surface area contributed by atoms with Crippen LogP contribution in [0.5, 0.6) is 0 Å². The first-order chi connectivity index (χ1) is 12.7. The van der Waals surface area contributed by atoms with Crippen LogP contribution in [0.3, 0.4) is 0 Å². The third-order valence-corrected chi connectivity index (χ3v) is 5.55. The maximum absolute atomic E-state index is 12.6. The van der Waals surface area contributed by atoms with Crippen molar-refractivity contribution in [3.05, 3.63) is 35.9 Å². The number of rotatable bonds is 11. The Bertz CT molecular complexity index is 594. The van der Waals surface area contributed by atoms with Gasteiger partial charge >= 0.3 is 13.6 Å². The molecular formula is C19H33N2O5P. The van der Waals surface area contributed by atoms with Crippen LogP contribution in [-0.2, 0) is 25.1 Å². The Morgan fingerprint density at radius 2 is 1.70 bits per heavy atom. The molecule has 0 radical (unpaired) electrons. The van der Waals surface area contributed by atoms with Crippen LogP contribution in [0.25, 0.3) is 0 Å². The second-order valence-corrected chi connectivity index (χ2v) is 9.25. The molecule has 1 aromatic rings. The molecule has 0 spiro atoms. The van der Waals surface area contributed by atoms with Gasteiger partial charge in [0.15, 0.2) is 0 Å². The molecule has 0 saturated carbocycles. The van der Waals surface area contributed by atoms with E-state index in [-0.39, 0.29) is 25.3 Å². The van der Waals surface area contributed by atoms with Gasteiger partial charge in [-0.15, -0.1) is 0 Å². The van der Waals surface area contributed by atoms with Gasteiger partial charge in [0, 0.05) is 5.54 Å². The first kappa shape index (κ1) is 23.6. The number of urea groups is 1. The van der Waals surface area contributed by atoms with E-state index >= 15 is 0 Å². The van der Waals surface area contributed by atoms with E-state index in [0.717, 1.165) is 5.56 Å². The summed E-state index contributed by atoms with van der Waals surface area (Å²) in [7, 11) is -3.14. The van der Waals surface area contributed by atoms with Crippen molar-refractivity contribution in [1.29, 1.82) is 0 Å². The van der Waals surface area contributed by atoms with Crippen LogP contribution in [0, 0.1) is 0 Å². The number of nitrogens with zero attached hydrogens (tertiary/aromatic N) is 1. The molecule has 0 unspecified atom stereocenters. The third-order valence-electron chi connectivity index (χ3n) is 3.38. The second-order valence-electron chi connectivity index (χ2n) is 7.06. The lowest BCUT2D eigenvalue weighted by Crippen LogP contribution is -2.48. The fourth-order valence-electron chi connectivity index (χ4n) is 2.30. The number of benzene rings is 1. The number of hydrogen-bond acceptors (Lipinski definition) is 5. The third kappa shape index (κ3) is 9.91. The topological polar surface area (TPSA) is 77.1 Å². The molecule has 27 heavy (non-hydrogen) atoms. The van der Waals surface area contributed by atoms with Crippen LogP contribution in [0.15, 0.2) is 30.3 Å². The Morgan fingerprint density at radius 1 is 1.11 bits per heavy atom. The fourth-order valence-corrected chi connectivity index (χ4v) is 3.95. The van der Waals surface area contributed by atoms with Crippen LogP contribution in [0.2, 0.25) is 0 Å². The Morgan fingerprint density at radius 3 is 2.22 bits per heavy atom. The summed E-state index contributed by atoms with van der Waals surface area (Å²) in [5.74, 6) is 0. The fraction of sp³-hybridized carbons (Fsp3) is 0.632. The van der Waals surface area contributed by atoms with Crippen molar-refractivity contribution in [3.8, 4) is 0 Å². The molecule has 0 atom stereocenters. The summed E-state index contributed by atoms with van der Waals surface area (Å²) in [4.78, 5) is 18.3. The highest BCUT2D eigenvalue weighted by Gasteiger charge is 2.25. The van der Waals surface area contributed by atoms with E-state index in [0.29, 0.717) is 19.6 Å². The number of nitrogens with one attached hydrogen (secondary N) is 1. The van der Waals surface area contributed by atoms with Crippen molar-refractivity contribution in [2.45, 2.75) is 53.2 Å². The lowest BCUT2D eigenvalue weighted by molar-refractivity contribution is -0.129. The summed E-state index contributed by atoms with van der Waals surface area (Å²) < 4.78 is 23.2. The van der Waals surface area contributed by atoms with Gasteiger partial charge in [-0.25, -0.2) is 9.86 Å². The average Bonchev–Trinajstić information content (AvgIpc) is 2.57. The molecule has 0 aliphatic rings. The number of amides is 2. The zero-order valence-corrected chi connectivity index (χ0v) is 18.0. The van der Waals surface area contributed by atoms with Gasteiger partial charge in [0.25, 0.3) is 0 Å². The van der Waals surface area contributed by atoms with Crippen LogP contribution in [0.4, 0.5) is 4.79 Å². The molecule has 7 nitrogen and oxygen atoms in total. The molecule has 0 heterocycles. The largest absolute Gasteiger partial charge is 0.341 e. The van der Waals surface area contributed by atoms with Gasteiger partial charge in [-0.3, -0.25) is 9.40 Å². The van der Waals surface area contributed by atoms with Crippen molar-refractivity contribution >= 4 is 13.6 Å². The quantitative estimate of drug-likeness (QED) is 0.434. The van der Waals surface area contributed by atoms with Gasteiger partial charge in [-0.1, -0.05) is 30.3 Å². The van der Waals surface area contributed by atoms with Crippen LogP contribution in [-0.4, -0.2) is 42.6 Å². The summed E-state index contributed by atoms with van der Waals surface area (Å²) in [5, 5.41) is 4.16. The molecular weight excluding hydrogens is 367 g/mol. The highest BCUT2D eigenvalue weighted by Crippen LogP contribution is 2.48. The standard InChI is InChI=1S/C19H33N2O5P/c1-6-25-27(23,26-7-2)15-11-14-21(18(22)20-19(3,4)5)24-16-17-12-9-8-10-13-17/h8-10,12-13H,6-7,11,14-16H2,1-5H3,(H,20,22). The van der Waals surface area contributed by atoms with Gasteiger partial charge < -0.3 is 14.4 Å². The monoisotopic (exact) mass is 400 g/mol. The highest BCUT2D eigenvalue weighted by molar-refractivity contribution is 7.53. The minimum absolute atomic E-state index is 0.225. The first-order valence-electron chi connectivity index (χ1n) is 9.33. The Hall–Kier alpha value is -1.40. The maximum atomic E-state index is 12.6. The Kier molecular flexibility index (Phi) is 10.0. The summed E-state index contributed by atoms with van der Waals surface area (Å²) in [6.45, 7) is 10.4. The average molecular weight is 400 g/mol. The van der Waals surface area contributed by atoms with E-state index in [2.05, 4.69) is 5.32 Å². The number of hydroxylamine groups is 2. The maximum Gasteiger partial charge on any atom is 0.341 e. The van der Waals surface area contributed by atoms with Crippen LogP contribution < -0.4 is 5.32 Å². The van der Waals surface area contributed by atoms with E-state index in [1.54, 1.807) is 13.8 Å². The van der Waals surface area contributed by atoms with Crippen molar-refractivity contribution < 1.29 is 23.2 Å².